The van der Waals surface area contributed by atoms with E-state index in [1.165, 1.54) is 31.2 Å². The van der Waals surface area contributed by atoms with Crippen LogP contribution in [0.4, 0.5) is 0 Å². The first-order chi connectivity index (χ1) is 17.4. The Labute approximate surface area is 214 Å². The zero-order chi connectivity index (χ0) is 25.1. The molecule has 36 heavy (non-hydrogen) atoms. The Hall–Kier alpha value is -2.42. The van der Waals surface area contributed by atoms with Crippen molar-refractivity contribution in [3.8, 4) is 11.1 Å². The number of aryl methyl sites for hydroxylation is 1. The largest absolute Gasteiger partial charge is 0.317 e. The topological polar surface area (TPSA) is 109 Å². The predicted molar refractivity (Wildman–Crippen MR) is 144 cm³/mol. The molecule has 2 aromatic carbocycles. The Morgan fingerprint density at radius 1 is 0.972 bits per heavy atom. The van der Waals surface area contributed by atoms with E-state index in [9.17, 15) is 8.42 Å². The number of hydrogen-bond donors (Lipinski definition) is 2. The first-order valence-electron chi connectivity index (χ1n) is 13.3. The van der Waals surface area contributed by atoms with Gasteiger partial charge in [-0.25, -0.2) is 18.5 Å². The third-order valence-electron chi connectivity index (χ3n) is 8.19. The number of azo groups is 1. The van der Waals surface area contributed by atoms with Crippen molar-refractivity contribution in [2.24, 2.45) is 32.2 Å². The van der Waals surface area contributed by atoms with Crippen LogP contribution in [0.5, 0.6) is 0 Å². The third kappa shape index (κ3) is 5.61. The number of sulfonamides is 1. The molecule has 2 fully saturated rings. The van der Waals surface area contributed by atoms with Crippen molar-refractivity contribution in [1.29, 1.82) is 0 Å². The molecule has 1 saturated heterocycles. The zero-order valence-corrected chi connectivity index (χ0v) is 21.9. The van der Waals surface area contributed by atoms with Gasteiger partial charge in [0.15, 0.2) is 12.5 Å². The molecule has 3 aliphatic rings. The summed E-state index contributed by atoms with van der Waals surface area (Å²) in [7, 11) is -4.01. The molecule has 1 aliphatic carbocycles. The van der Waals surface area contributed by atoms with E-state index in [0.29, 0.717) is 29.7 Å². The molecule has 2 aliphatic heterocycles. The number of primary sulfonamides is 1. The quantitative estimate of drug-likeness (QED) is 0.524. The lowest BCUT2D eigenvalue weighted by atomic mass is 9.80. The van der Waals surface area contributed by atoms with Gasteiger partial charge in [0.1, 0.15) is 0 Å². The van der Waals surface area contributed by atoms with Gasteiger partial charge in [-0.15, -0.1) is 5.11 Å². The first-order valence-corrected chi connectivity index (χ1v) is 14.9. The minimum absolute atomic E-state index is 0.159. The van der Waals surface area contributed by atoms with Crippen molar-refractivity contribution >= 4 is 15.9 Å². The van der Waals surface area contributed by atoms with Gasteiger partial charge in [-0.1, -0.05) is 69.0 Å². The molecular weight excluding hydrogens is 470 g/mol. The normalized spacial score (nSPS) is 23.1. The highest BCUT2D eigenvalue weighted by molar-refractivity contribution is 7.89. The minimum atomic E-state index is -4.01. The molecule has 192 valence electrons. The fourth-order valence-corrected chi connectivity index (χ4v) is 7.06. The van der Waals surface area contributed by atoms with E-state index in [4.69, 9.17) is 5.14 Å². The van der Waals surface area contributed by atoms with Gasteiger partial charge in [0.2, 0.25) is 10.0 Å². The summed E-state index contributed by atoms with van der Waals surface area (Å²) in [6.07, 6.45) is 8.83. The van der Waals surface area contributed by atoms with E-state index >= 15 is 0 Å². The fraction of sp³-hybridized carbons (Fsp3) is 0.536. The van der Waals surface area contributed by atoms with Crippen LogP contribution in [-0.2, 0) is 16.4 Å². The van der Waals surface area contributed by atoms with Crippen LogP contribution in [0.3, 0.4) is 0 Å². The van der Waals surface area contributed by atoms with Crippen LogP contribution < -0.4 is 10.5 Å². The maximum Gasteiger partial charge on any atom is 0.239 e. The van der Waals surface area contributed by atoms with E-state index in [1.54, 1.807) is 0 Å². The molecule has 2 heterocycles. The Bertz CT molecular complexity index is 1240. The number of rotatable bonds is 7. The van der Waals surface area contributed by atoms with Gasteiger partial charge in [0.05, 0.1) is 4.90 Å². The predicted octanol–water partition coefficient (Wildman–Crippen LogP) is 5.40. The van der Waals surface area contributed by atoms with Gasteiger partial charge in [-0.2, -0.15) is 5.11 Å². The molecule has 0 unspecified atom stereocenters. The van der Waals surface area contributed by atoms with Crippen LogP contribution in [0, 0.1) is 11.8 Å². The lowest BCUT2D eigenvalue weighted by molar-refractivity contribution is 0.277. The van der Waals surface area contributed by atoms with Gasteiger partial charge in [0.25, 0.3) is 0 Å². The summed E-state index contributed by atoms with van der Waals surface area (Å²) in [6, 6.07) is 12.5. The van der Waals surface area contributed by atoms with Crippen LogP contribution in [0.2, 0.25) is 0 Å². The van der Waals surface area contributed by atoms with E-state index in [0.717, 1.165) is 55.0 Å². The van der Waals surface area contributed by atoms with Gasteiger partial charge in [0, 0.05) is 5.56 Å². The summed E-state index contributed by atoms with van der Waals surface area (Å²) in [5.74, 6) is 2.32. The number of piperidine rings is 1. The maximum absolute atomic E-state index is 13.0. The van der Waals surface area contributed by atoms with Gasteiger partial charge in [-0.3, -0.25) is 0 Å². The van der Waals surface area contributed by atoms with E-state index < -0.39 is 10.0 Å². The third-order valence-corrected chi connectivity index (χ3v) is 9.22. The summed E-state index contributed by atoms with van der Waals surface area (Å²) in [4.78, 5) is 4.57. The summed E-state index contributed by atoms with van der Waals surface area (Å²) < 4.78 is 26.0. The van der Waals surface area contributed by atoms with Crippen LogP contribution in [-0.4, -0.2) is 34.0 Å². The van der Waals surface area contributed by atoms with Crippen LogP contribution in [0.1, 0.15) is 74.5 Å². The second kappa shape index (κ2) is 10.9. The molecule has 0 spiro atoms. The second-order valence-electron chi connectivity index (χ2n) is 10.7. The number of nitrogens with two attached hydrogens (primary N) is 1. The lowest BCUT2D eigenvalue weighted by Gasteiger charge is -2.26. The number of amidine groups is 1. The smallest absolute Gasteiger partial charge is 0.239 e. The summed E-state index contributed by atoms with van der Waals surface area (Å²) in [6.45, 7) is 4.61. The standard InChI is InChI=1S/C28H37N5O2S/c1-19-2-4-20(5-3-19)6-7-24-12-13-25(26(27(24)36(29,34)35)28-31-18-32-33-28)23-10-8-21(9-11-23)22-14-16-30-17-15-22/h8-13,19-20,22,30H,2-7,14-18H2,1H3,(H2,29,34,35). The molecule has 2 aromatic rings. The number of benzene rings is 2. The van der Waals surface area contributed by atoms with Gasteiger partial charge < -0.3 is 5.32 Å². The Kier molecular flexibility index (Phi) is 7.65. The average Bonchev–Trinajstić information content (AvgIpc) is 3.43. The molecule has 5 rings (SSSR count). The highest BCUT2D eigenvalue weighted by Gasteiger charge is 2.28. The number of nitrogens with zero attached hydrogens (tertiary/aromatic N) is 3. The second-order valence-corrected chi connectivity index (χ2v) is 12.2. The first kappa shape index (κ1) is 25.2. The summed E-state index contributed by atoms with van der Waals surface area (Å²) in [5.41, 5.74) is 4.29. The van der Waals surface area contributed by atoms with Crippen LogP contribution in [0.25, 0.3) is 11.1 Å². The Balaban J connectivity index is 1.51. The molecule has 1 saturated carbocycles. The van der Waals surface area contributed by atoms with E-state index in [2.05, 4.69) is 51.7 Å². The zero-order valence-electron chi connectivity index (χ0n) is 21.1. The highest BCUT2D eigenvalue weighted by atomic mass is 32.2. The summed E-state index contributed by atoms with van der Waals surface area (Å²) in [5, 5.41) is 17.5. The maximum atomic E-state index is 13.0. The van der Waals surface area contributed by atoms with Crippen molar-refractivity contribution < 1.29 is 8.42 Å². The monoisotopic (exact) mass is 507 g/mol. The molecule has 7 nitrogen and oxygen atoms in total. The molecule has 0 radical (unpaired) electrons. The summed E-state index contributed by atoms with van der Waals surface area (Å²) >= 11 is 0. The van der Waals surface area contributed by atoms with Gasteiger partial charge >= 0.3 is 0 Å². The van der Waals surface area contributed by atoms with E-state index in [1.807, 2.05) is 12.1 Å². The molecule has 3 N–H and O–H groups in total. The van der Waals surface area contributed by atoms with Crippen molar-refractivity contribution in [1.82, 2.24) is 5.32 Å². The Morgan fingerprint density at radius 2 is 1.69 bits per heavy atom. The van der Waals surface area contributed by atoms with Crippen LogP contribution >= 0.6 is 0 Å². The number of nitrogens with one attached hydrogen (secondary N) is 1. The van der Waals surface area contributed by atoms with Crippen molar-refractivity contribution in [2.45, 2.75) is 69.1 Å². The van der Waals surface area contributed by atoms with Gasteiger partial charge in [-0.05, 0) is 78.8 Å². The minimum Gasteiger partial charge on any atom is -0.317 e. The average molecular weight is 508 g/mol. The molecule has 0 bridgehead atoms. The van der Waals surface area contributed by atoms with Crippen molar-refractivity contribution in [3.05, 3.63) is 53.1 Å². The SMILES string of the molecule is CC1CCC(CCc2ccc(-c3ccc(C4CCNCC4)cc3)c(C3=NCN=N3)c2S(N)(=O)=O)CC1. The molecule has 8 heteroatoms. The number of aliphatic imine (C=N–C) groups is 1. The number of hydrogen-bond acceptors (Lipinski definition) is 6. The fourth-order valence-electron chi connectivity index (χ4n) is 6.04. The molecule has 0 amide bonds. The highest BCUT2D eigenvalue weighted by Crippen LogP contribution is 2.37. The van der Waals surface area contributed by atoms with Crippen molar-refractivity contribution in [2.75, 3.05) is 19.8 Å². The molecule has 0 atom stereocenters. The lowest BCUT2D eigenvalue weighted by Crippen LogP contribution is -2.26. The molecule has 0 aromatic heterocycles. The van der Waals surface area contributed by atoms with Crippen molar-refractivity contribution in [3.63, 3.8) is 0 Å². The van der Waals surface area contributed by atoms with E-state index in [-0.39, 0.29) is 11.6 Å². The van der Waals surface area contributed by atoms with Crippen LogP contribution in [0.15, 0.2) is 56.5 Å². The Morgan fingerprint density at radius 3 is 2.33 bits per heavy atom. The molecular formula is C28H37N5O2S.